The number of esters is 4. The van der Waals surface area contributed by atoms with Crippen LogP contribution in [0.3, 0.4) is 0 Å². The summed E-state index contributed by atoms with van der Waals surface area (Å²) in [7, 11) is 0. The fourth-order valence-electron chi connectivity index (χ4n) is 2.65. The molecule has 1 aliphatic rings. The Kier molecular flexibility index (Phi) is 9.52. The van der Waals surface area contributed by atoms with Crippen molar-refractivity contribution in [1.82, 2.24) is 5.32 Å². The molecule has 1 saturated heterocycles. The van der Waals surface area contributed by atoms with Crippen molar-refractivity contribution in [1.29, 1.82) is 0 Å². The normalized spacial score (nSPS) is 25.1. The number of nitrogens with zero attached hydrogens (tertiary/aromatic N) is 3. The van der Waals surface area contributed by atoms with E-state index in [1.54, 1.807) is 0 Å². The lowest BCUT2D eigenvalue weighted by Gasteiger charge is -2.44. The number of hydrogen-bond acceptors (Lipinski definition) is 11. The molecule has 1 heterocycles. The molecule has 30 heavy (non-hydrogen) atoms. The van der Waals surface area contributed by atoms with Crippen LogP contribution in [0.1, 0.15) is 27.7 Å². The smallest absolute Gasteiger partial charge is 0.305 e. The number of nitrogens with one attached hydrogen (secondary N) is 1. The van der Waals surface area contributed by atoms with E-state index in [-0.39, 0.29) is 0 Å². The number of ether oxygens (including phenoxy) is 5. The molecule has 1 aliphatic heterocycles. The third-order valence-electron chi connectivity index (χ3n) is 3.59. The van der Waals surface area contributed by atoms with Crippen LogP contribution in [-0.4, -0.2) is 73.6 Å². The highest BCUT2D eigenvalue weighted by molar-refractivity contribution is 5.79. The van der Waals surface area contributed by atoms with Gasteiger partial charge in [-0.15, -0.1) is 0 Å². The molecule has 0 aromatic rings. The quantitative estimate of drug-likeness (QED) is 0.172. The molecule has 0 saturated carbocycles. The molecule has 1 amide bonds. The van der Waals surface area contributed by atoms with Crippen LogP contribution in [0.2, 0.25) is 0 Å². The van der Waals surface area contributed by atoms with E-state index in [1.165, 1.54) is 0 Å². The second kappa shape index (κ2) is 11.6. The van der Waals surface area contributed by atoms with Gasteiger partial charge >= 0.3 is 23.9 Å². The maximum absolute atomic E-state index is 12.1. The van der Waals surface area contributed by atoms with Crippen LogP contribution in [-0.2, 0) is 47.7 Å². The van der Waals surface area contributed by atoms with E-state index in [9.17, 15) is 24.0 Å². The Morgan fingerprint density at radius 2 is 1.50 bits per heavy atom. The van der Waals surface area contributed by atoms with E-state index in [4.69, 9.17) is 29.2 Å². The highest BCUT2D eigenvalue weighted by Crippen LogP contribution is 2.28. The van der Waals surface area contributed by atoms with E-state index < -0.39 is 73.6 Å². The summed E-state index contributed by atoms with van der Waals surface area (Å²) in [5.41, 5.74) is 8.36. The van der Waals surface area contributed by atoms with Crippen molar-refractivity contribution in [3.8, 4) is 0 Å². The molecule has 1 fully saturated rings. The van der Waals surface area contributed by atoms with Gasteiger partial charge < -0.3 is 29.0 Å². The Hall–Kier alpha value is -3.38. The molecule has 166 valence electrons. The van der Waals surface area contributed by atoms with Gasteiger partial charge in [0, 0.05) is 32.6 Å². The topological polar surface area (TPSA) is 192 Å². The molecule has 5 atom stereocenters. The minimum absolute atomic E-state index is 0.428. The van der Waals surface area contributed by atoms with E-state index in [0.29, 0.717) is 0 Å². The average Bonchev–Trinajstić information content (AvgIpc) is 2.62. The second-order valence-electron chi connectivity index (χ2n) is 6.09. The lowest BCUT2D eigenvalue weighted by atomic mass is 9.96. The zero-order valence-corrected chi connectivity index (χ0v) is 16.7. The van der Waals surface area contributed by atoms with Crippen LogP contribution in [0.5, 0.6) is 0 Å². The van der Waals surface area contributed by atoms with Gasteiger partial charge in [-0.25, -0.2) is 0 Å². The van der Waals surface area contributed by atoms with Gasteiger partial charge in [-0.2, -0.15) is 0 Å². The minimum Gasteiger partial charge on any atom is -0.463 e. The van der Waals surface area contributed by atoms with Crippen molar-refractivity contribution >= 4 is 29.8 Å². The van der Waals surface area contributed by atoms with Crippen molar-refractivity contribution in [2.45, 2.75) is 58.3 Å². The number of amides is 1. The third kappa shape index (κ3) is 7.93. The van der Waals surface area contributed by atoms with Gasteiger partial charge in [0.05, 0.1) is 0 Å². The molecule has 0 aliphatic carbocycles. The van der Waals surface area contributed by atoms with Crippen LogP contribution in [0.15, 0.2) is 5.11 Å². The summed E-state index contributed by atoms with van der Waals surface area (Å²) in [6.45, 7) is 3.32. The second-order valence-corrected chi connectivity index (χ2v) is 6.09. The first-order valence-corrected chi connectivity index (χ1v) is 8.65. The van der Waals surface area contributed by atoms with Gasteiger partial charge in [-0.1, -0.05) is 5.11 Å². The predicted octanol–water partition coefficient (Wildman–Crippen LogP) is -0.504. The Morgan fingerprint density at radius 1 is 0.933 bits per heavy atom. The summed E-state index contributed by atoms with van der Waals surface area (Å²) in [5.74, 6) is -3.86. The lowest BCUT2D eigenvalue weighted by Crippen LogP contribution is -2.67. The SMILES string of the molecule is CC(=O)OCC1OC(OC(C)=O)C(NC(=O)CN=[N+]=[N-])[C@@H](OC(C)=O)[C@H]1OC(C)=O. The van der Waals surface area contributed by atoms with Crippen LogP contribution < -0.4 is 5.32 Å². The number of carbonyl (C=O) groups excluding carboxylic acids is 5. The van der Waals surface area contributed by atoms with Crippen LogP contribution in [0, 0.1) is 0 Å². The van der Waals surface area contributed by atoms with Crippen molar-refractivity contribution in [2.75, 3.05) is 13.2 Å². The maximum atomic E-state index is 12.1. The van der Waals surface area contributed by atoms with Crippen molar-refractivity contribution in [2.24, 2.45) is 5.11 Å². The van der Waals surface area contributed by atoms with E-state index in [2.05, 4.69) is 15.3 Å². The monoisotopic (exact) mass is 430 g/mol. The first-order chi connectivity index (χ1) is 14.0. The molecular weight excluding hydrogens is 408 g/mol. The molecule has 0 aromatic heterocycles. The Bertz CT molecular complexity index is 736. The van der Waals surface area contributed by atoms with E-state index in [0.717, 1.165) is 27.7 Å². The Morgan fingerprint density at radius 3 is 2.00 bits per heavy atom. The van der Waals surface area contributed by atoms with Gasteiger partial charge in [0.25, 0.3) is 0 Å². The largest absolute Gasteiger partial charge is 0.463 e. The molecule has 1 N–H and O–H groups in total. The fourth-order valence-corrected chi connectivity index (χ4v) is 2.65. The number of hydrogen-bond donors (Lipinski definition) is 1. The summed E-state index contributed by atoms with van der Waals surface area (Å²) in [4.78, 5) is 60.5. The van der Waals surface area contributed by atoms with E-state index >= 15 is 0 Å². The van der Waals surface area contributed by atoms with Gasteiger partial charge in [0.2, 0.25) is 12.2 Å². The van der Waals surface area contributed by atoms with Crippen LogP contribution in [0.4, 0.5) is 0 Å². The summed E-state index contributed by atoms with van der Waals surface area (Å²) in [5, 5.41) is 5.48. The molecule has 1 rings (SSSR count). The first kappa shape index (κ1) is 24.7. The highest BCUT2D eigenvalue weighted by Gasteiger charge is 2.52. The highest BCUT2D eigenvalue weighted by atomic mass is 16.7. The zero-order chi connectivity index (χ0) is 22.8. The molecule has 0 aromatic carbocycles. The fraction of sp³-hybridized carbons (Fsp3) is 0.688. The molecule has 0 bridgehead atoms. The van der Waals surface area contributed by atoms with Gasteiger partial charge in [-0.05, 0) is 5.53 Å². The average molecular weight is 430 g/mol. The van der Waals surface area contributed by atoms with Gasteiger partial charge in [-0.3, -0.25) is 24.0 Å². The molecule has 3 unspecified atom stereocenters. The van der Waals surface area contributed by atoms with Crippen LogP contribution in [0.25, 0.3) is 10.4 Å². The predicted molar refractivity (Wildman–Crippen MR) is 94.1 cm³/mol. The van der Waals surface area contributed by atoms with Crippen molar-refractivity contribution in [3.05, 3.63) is 10.4 Å². The first-order valence-electron chi connectivity index (χ1n) is 8.65. The molecule has 14 nitrogen and oxygen atoms in total. The standard InChI is InChI=1S/C16H22N4O10/c1-7(21)26-6-11-14(27-8(2)22)15(28-9(3)23)13(16(30-11)29-10(4)24)19-12(25)5-18-20-17/h11,13-16H,5-6H2,1-4H3,(H,19,25)/t11?,13?,14-,15+,16?/m0/s1. The van der Waals surface area contributed by atoms with Gasteiger partial charge in [0.1, 0.15) is 25.3 Å². The molecule has 0 spiro atoms. The Labute approximate surface area is 170 Å². The molecular formula is C16H22N4O10. The van der Waals surface area contributed by atoms with Crippen molar-refractivity contribution < 1.29 is 47.7 Å². The van der Waals surface area contributed by atoms with Crippen LogP contribution >= 0.6 is 0 Å². The molecule has 0 radical (unpaired) electrons. The number of carbonyl (C=O) groups is 5. The summed E-state index contributed by atoms with van der Waals surface area (Å²) >= 11 is 0. The summed E-state index contributed by atoms with van der Waals surface area (Å²) < 4.78 is 25.9. The Balaban J connectivity index is 3.33. The number of rotatable bonds is 8. The number of azide groups is 1. The lowest BCUT2D eigenvalue weighted by molar-refractivity contribution is -0.271. The van der Waals surface area contributed by atoms with Crippen molar-refractivity contribution in [3.63, 3.8) is 0 Å². The van der Waals surface area contributed by atoms with Gasteiger partial charge in [0.15, 0.2) is 12.2 Å². The van der Waals surface area contributed by atoms with E-state index in [1.807, 2.05) is 0 Å². The maximum Gasteiger partial charge on any atom is 0.305 e. The third-order valence-corrected chi connectivity index (χ3v) is 3.59. The minimum atomic E-state index is -1.51. The zero-order valence-electron chi connectivity index (χ0n) is 16.7. The molecule has 14 heteroatoms. The summed E-state index contributed by atoms with van der Waals surface area (Å²) in [6, 6.07) is -1.34. The summed E-state index contributed by atoms with van der Waals surface area (Å²) in [6.07, 6.45) is -5.42.